The predicted octanol–water partition coefficient (Wildman–Crippen LogP) is 1.91. The molecule has 0 aliphatic rings. The van der Waals surface area contributed by atoms with Crippen molar-refractivity contribution in [1.29, 1.82) is 0 Å². The van der Waals surface area contributed by atoms with Gasteiger partial charge in [0.05, 0.1) is 12.8 Å². The van der Waals surface area contributed by atoms with E-state index in [1.807, 2.05) is 0 Å². The molecule has 0 radical (unpaired) electrons. The van der Waals surface area contributed by atoms with Crippen LogP contribution in [0.1, 0.15) is 12.5 Å². The monoisotopic (exact) mass is 210 g/mol. The van der Waals surface area contributed by atoms with Crippen LogP contribution in [-0.2, 0) is 4.74 Å². The lowest BCUT2D eigenvalue weighted by molar-refractivity contribution is 0.171. The van der Waals surface area contributed by atoms with Crippen molar-refractivity contribution in [2.24, 2.45) is 5.10 Å². The molecule has 1 aromatic rings. The number of nitrogens with one attached hydrogen (secondary N) is 1. The minimum absolute atomic E-state index is 0.313. The van der Waals surface area contributed by atoms with Gasteiger partial charge in [-0.15, -0.1) is 0 Å². The van der Waals surface area contributed by atoms with Gasteiger partial charge in [-0.3, -0.25) is 0 Å². The molecule has 15 heavy (non-hydrogen) atoms. The second kappa shape index (κ2) is 5.09. The molecule has 0 bridgehead atoms. The molecule has 0 aliphatic heterocycles. The quantitative estimate of drug-likeness (QED) is 0.598. The Hall–Kier alpha value is -1.91. The van der Waals surface area contributed by atoms with E-state index in [9.17, 15) is 9.18 Å². The fourth-order valence-corrected chi connectivity index (χ4v) is 0.931. The maximum atomic E-state index is 12.6. The lowest BCUT2D eigenvalue weighted by Crippen LogP contribution is -2.18. The molecule has 0 atom stereocenters. The second-order valence-corrected chi connectivity index (χ2v) is 2.81. The van der Waals surface area contributed by atoms with Crippen LogP contribution in [0.25, 0.3) is 0 Å². The van der Waals surface area contributed by atoms with Gasteiger partial charge in [-0.1, -0.05) is 12.1 Å². The zero-order chi connectivity index (χ0) is 11.3. The van der Waals surface area contributed by atoms with Crippen LogP contribution in [0.2, 0.25) is 0 Å². The Balaban J connectivity index is 2.71. The zero-order valence-electron chi connectivity index (χ0n) is 8.45. The van der Waals surface area contributed by atoms with Gasteiger partial charge in [0, 0.05) is 0 Å². The smallest absolute Gasteiger partial charge is 0.427 e. The average molecular weight is 210 g/mol. The fraction of sp³-hybridized carbons (Fsp3) is 0.200. The Morgan fingerprint density at radius 1 is 1.40 bits per heavy atom. The summed E-state index contributed by atoms with van der Waals surface area (Å²) in [5, 5.41) is 3.76. The standard InChI is InChI=1S/C10H11FN2O2/c1-7(12-13-10(14)15-2)8-3-5-9(11)6-4-8/h3-6H,1-2H3,(H,13,14)/b12-7-. The molecule has 0 saturated carbocycles. The minimum Gasteiger partial charge on any atom is -0.452 e. The van der Waals surface area contributed by atoms with Gasteiger partial charge >= 0.3 is 6.09 Å². The lowest BCUT2D eigenvalue weighted by atomic mass is 10.1. The van der Waals surface area contributed by atoms with E-state index in [1.54, 1.807) is 19.1 Å². The van der Waals surface area contributed by atoms with Crippen LogP contribution in [0.15, 0.2) is 29.4 Å². The summed E-state index contributed by atoms with van der Waals surface area (Å²) in [5.41, 5.74) is 3.48. The van der Waals surface area contributed by atoms with Crippen molar-refractivity contribution in [3.63, 3.8) is 0 Å². The number of hydrogen-bond donors (Lipinski definition) is 1. The lowest BCUT2D eigenvalue weighted by Gasteiger charge is -2.01. The highest BCUT2D eigenvalue weighted by atomic mass is 19.1. The van der Waals surface area contributed by atoms with E-state index >= 15 is 0 Å². The Labute approximate surface area is 86.7 Å². The van der Waals surface area contributed by atoms with Crippen LogP contribution < -0.4 is 5.43 Å². The van der Waals surface area contributed by atoms with Crippen molar-refractivity contribution in [2.45, 2.75) is 6.92 Å². The van der Waals surface area contributed by atoms with Crippen molar-refractivity contribution >= 4 is 11.8 Å². The second-order valence-electron chi connectivity index (χ2n) is 2.81. The summed E-state index contributed by atoms with van der Waals surface area (Å²) in [6.07, 6.45) is -0.642. The van der Waals surface area contributed by atoms with Crippen molar-refractivity contribution in [1.82, 2.24) is 5.43 Å². The molecular weight excluding hydrogens is 199 g/mol. The number of amides is 1. The van der Waals surface area contributed by atoms with Gasteiger partial charge < -0.3 is 4.74 Å². The summed E-state index contributed by atoms with van der Waals surface area (Å²) >= 11 is 0. The van der Waals surface area contributed by atoms with Crippen LogP contribution in [-0.4, -0.2) is 18.9 Å². The summed E-state index contributed by atoms with van der Waals surface area (Å²) < 4.78 is 16.9. The average Bonchev–Trinajstić information content (AvgIpc) is 2.26. The molecule has 0 heterocycles. The Bertz CT molecular complexity index is 374. The van der Waals surface area contributed by atoms with Crippen LogP contribution in [0.4, 0.5) is 9.18 Å². The number of methoxy groups -OCH3 is 1. The molecule has 1 amide bonds. The van der Waals surface area contributed by atoms with E-state index in [2.05, 4.69) is 15.3 Å². The number of hydrogen-bond acceptors (Lipinski definition) is 3. The van der Waals surface area contributed by atoms with E-state index < -0.39 is 6.09 Å². The molecule has 0 spiro atoms. The number of nitrogens with zero attached hydrogens (tertiary/aromatic N) is 1. The Morgan fingerprint density at radius 2 is 2.00 bits per heavy atom. The summed E-state index contributed by atoms with van der Waals surface area (Å²) in [7, 11) is 1.25. The number of carbonyl (C=O) groups is 1. The van der Waals surface area contributed by atoms with Gasteiger partial charge in [0.1, 0.15) is 5.82 Å². The molecule has 80 valence electrons. The molecule has 0 fully saturated rings. The Kier molecular flexibility index (Phi) is 3.79. The largest absolute Gasteiger partial charge is 0.452 e. The summed E-state index contributed by atoms with van der Waals surface area (Å²) in [4.78, 5) is 10.7. The zero-order valence-corrected chi connectivity index (χ0v) is 8.45. The van der Waals surface area contributed by atoms with E-state index in [0.717, 1.165) is 5.56 Å². The highest BCUT2D eigenvalue weighted by Gasteiger charge is 1.99. The third kappa shape index (κ3) is 3.38. The van der Waals surface area contributed by atoms with Gasteiger partial charge in [0.25, 0.3) is 0 Å². The first-order valence-electron chi connectivity index (χ1n) is 4.27. The molecule has 1 rings (SSSR count). The van der Waals surface area contributed by atoms with Crippen LogP contribution >= 0.6 is 0 Å². The highest BCUT2D eigenvalue weighted by Crippen LogP contribution is 2.03. The van der Waals surface area contributed by atoms with Gasteiger partial charge in [0.2, 0.25) is 0 Å². The first-order valence-corrected chi connectivity index (χ1v) is 4.27. The maximum absolute atomic E-state index is 12.6. The van der Waals surface area contributed by atoms with Crippen molar-refractivity contribution in [3.05, 3.63) is 35.6 Å². The van der Waals surface area contributed by atoms with Crippen LogP contribution in [0.5, 0.6) is 0 Å². The molecular formula is C10H11FN2O2. The summed E-state index contributed by atoms with van der Waals surface area (Å²) in [6.45, 7) is 1.70. The molecule has 0 aliphatic carbocycles. The van der Waals surface area contributed by atoms with Crippen molar-refractivity contribution in [2.75, 3.05) is 7.11 Å². The van der Waals surface area contributed by atoms with E-state index in [4.69, 9.17) is 0 Å². The van der Waals surface area contributed by atoms with E-state index in [-0.39, 0.29) is 5.82 Å². The van der Waals surface area contributed by atoms with Gasteiger partial charge in [-0.25, -0.2) is 14.6 Å². The molecule has 0 saturated heterocycles. The number of halogens is 1. The van der Waals surface area contributed by atoms with E-state index in [0.29, 0.717) is 5.71 Å². The summed E-state index contributed by atoms with van der Waals surface area (Å²) in [5.74, 6) is -0.313. The number of carbonyl (C=O) groups excluding carboxylic acids is 1. The third-order valence-electron chi connectivity index (χ3n) is 1.76. The predicted molar refractivity (Wildman–Crippen MR) is 54.2 cm³/mol. The Morgan fingerprint density at radius 3 is 2.53 bits per heavy atom. The van der Waals surface area contributed by atoms with E-state index in [1.165, 1.54) is 19.2 Å². The highest BCUT2D eigenvalue weighted by molar-refractivity contribution is 5.98. The number of hydrazone groups is 1. The topological polar surface area (TPSA) is 50.7 Å². The van der Waals surface area contributed by atoms with Crippen molar-refractivity contribution in [3.8, 4) is 0 Å². The number of rotatable bonds is 2. The number of ether oxygens (including phenoxy) is 1. The maximum Gasteiger partial charge on any atom is 0.427 e. The van der Waals surface area contributed by atoms with Gasteiger partial charge in [-0.2, -0.15) is 5.10 Å². The molecule has 1 aromatic carbocycles. The molecule has 1 N–H and O–H groups in total. The number of benzene rings is 1. The van der Waals surface area contributed by atoms with Crippen molar-refractivity contribution < 1.29 is 13.9 Å². The fourth-order valence-electron chi connectivity index (χ4n) is 0.931. The normalized spacial score (nSPS) is 11.0. The molecule has 0 aromatic heterocycles. The minimum atomic E-state index is -0.642. The first kappa shape index (κ1) is 11.2. The van der Waals surface area contributed by atoms with Gasteiger partial charge in [0.15, 0.2) is 0 Å². The van der Waals surface area contributed by atoms with Crippen LogP contribution in [0.3, 0.4) is 0 Å². The SMILES string of the molecule is COC(=O)N/N=C(/C)c1ccc(F)cc1. The molecule has 0 unspecified atom stereocenters. The molecule has 4 nitrogen and oxygen atoms in total. The first-order chi connectivity index (χ1) is 7.13. The van der Waals surface area contributed by atoms with Gasteiger partial charge in [-0.05, 0) is 24.6 Å². The molecule has 5 heteroatoms. The third-order valence-corrected chi connectivity index (χ3v) is 1.76. The van der Waals surface area contributed by atoms with Crippen LogP contribution in [0, 0.1) is 5.82 Å². The summed E-state index contributed by atoms with van der Waals surface area (Å²) in [6, 6.07) is 5.80.